The van der Waals surface area contributed by atoms with E-state index in [1.165, 1.54) is 17.7 Å². The summed E-state index contributed by atoms with van der Waals surface area (Å²) in [5.74, 6) is -1.13. The summed E-state index contributed by atoms with van der Waals surface area (Å²) >= 11 is 1.57. The molecule has 0 aliphatic carbocycles. The van der Waals surface area contributed by atoms with E-state index in [1.54, 1.807) is 17.4 Å². The van der Waals surface area contributed by atoms with Crippen molar-refractivity contribution in [1.29, 1.82) is 0 Å². The molecule has 3 aromatic rings. The molecule has 0 saturated heterocycles. The smallest absolute Gasteiger partial charge is 0.336 e. The molecule has 0 unspecified atom stereocenters. The first-order valence-corrected chi connectivity index (χ1v) is 12.0. The van der Waals surface area contributed by atoms with E-state index in [4.69, 9.17) is 0 Å². The molecule has 0 radical (unpaired) electrons. The number of nitrogens with zero attached hydrogens (tertiary/aromatic N) is 1. The van der Waals surface area contributed by atoms with Crippen LogP contribution in [0.25, 0.3) is 10.6 Å². The fraction of sp³-hybridized carbons (Fsp3) is 0.273. The van der Waals surface area contributed by atoms with Gasteiger partial charge in [-0.3, -0.25) is 0 Å². The Kier molecular flexibility index (Phi) is 7.02. The molecule has 6 nitrogen and oxygen atoms in total. The highest BCUT2D eigenvalue weighted by atomic mass is 32.2. The normalized spacial score (nSPS) is 11.5. The first-order chi connectivity index (χ1) is 14.3. The number of aromatic nitrogens is 1. The van der Waals surface area contributed by atoms with Crippen LogP contribution in [-0.4, -0.2) is 31.0 Å². The second-order valence-electron chi connectivity index (χ2n) is 6.99. The Hall–Kier alpha value is -2.55. The van der Waals surface area contributed by atoms with Crippen LogP contribution in [0, 0.1) is 6.92 Å². The Morgan fingerprint density at radius 2 is 1.90 bits per heavy atom. The fourth-order valence-electron chi connectivity index (χ4n) is 3.04. The number of hydrogen-bond acceptors (Lipinski definition) is 5. The van der Waals surface area contributed by atoms with Crippen molar-refractivity contribution >= 4 is 27.3 Å². The number of carboxylic acid groups (broad SMARTS) is 1. The maximum absolute atomic E-state index is 12.5. The average molecular weight is 445 g/mol. The molecule has 0 amide bonds. The van der Waals surface area contributed by atoms with Crippen molar-refractivity contribution in [3.8, 4) is 10.6 Å². The maximum atomic E-state index is 12.5. The number of aromatic carboxylic acids is 1. The number of sulfonamides is 1. The van der Waals surface area contributed by atoms with Crippen LogP contribution >= 0.6 is 11.3 Å². The first kappa shape index (κ1) is 22.1. The highest BCUT2D eigenvalue weighted by Crippen LogP contribution is 2.24. The first-order valence-electron chi connectivity index (χ1n) is 9.67. The van der Waals surface area contributed by atoms with E-state index in [2.05, 4.69) is 9.71 Å². The van der Waals surface area contributed by atoms with Gasteiger partial charge >= 0.3 is 5.97 Å². The number of nitrogens with one attached hydrogen (secondary N) is 1. The minimum atomic E-state index is -3.77. The minimum Gasteiger partial charge on any atom is -0.478 e. The van der Waals surface area contributed by atoms with Crippen molar-refractivity contribution in [2.24, 2.45) is 0 Å². The van der Waals surface area contributed by atoms with Gasteiger partial charge in [0.15, 0.2) is 0 Å². The summed E-state index contributed by atoms with van der Waals surface area (Å²) in [5, 5.41) is 12.2. The van der Waals surface area contributed by atoms with Gasteiger partial charge in [-0.2, -0.15) is 0 Å². The number of rotatable bonds is 9. The van der Waals surface area contributed by atoms with Gasteiger partial charge < -0.3 is 5.11 Å². The minimum absolute atomic E-state index is 0.0199. The van der Waals surface area contributed by atoms with Gasteiger partial charge in [0.05, 0.1) is 16.2 Å². The topological polar surface area (TPSA) is 96.4 Å². The molecule has 0 aliphatic rings. The van der Waals surface area contributed by atoms with Crippen LogP contribution in [0.15, 0.2) is 52.7 Å². The molecule has 1 heterocycles. The van der Waals surface area contributed by atoms with Crippen LogP contribution < -0.4 is 4.72 Å². The number of benzene rings is 2. The van der Waals surface area contributed by atoms with E-state index >= 15 is 0 Å². The summed E-state index contributed by atoms with van der Waals surface area (Å²) in [6.45, 7) is 4.12. The molecule has 30 heavy (non-hydrogen) atoms. The summed E-state index contributed by atoms with van der Waals surface area (Å²) in [6.07, 6.45) is 1.77. The monoisotopic (exact) mass is 444 g/mol. The number of thiazole rings is 1. The van der Waals surface area contributed by atoms with E-state index < -0.39 is 16.0 Å². The molecule has 8 heteroatoms. The lowest BCUT2D eigenvalue weighted by atomic mass is 10.1. The van der Waals surface area contributed by atoms with Crippen molar-refractivity contribution in [2.75, 3.05) is 6.54 Å². The van der Waals surface area contributed by atoms with Gasteiger partial charge in [-0.1, -0.05) is 42.8 Å². The van der Waals surface area contributed by atoms with Crippen LogP contribution in [0.4, 0.5) is 0 Å². The van der Waals surface area contributed by atoms with E-state index in [0.717, 1.165) is 16.3 Å². The molecular weight excluding hydrogens is 420 g/mol. The third-order valence-corrected chi connectivity index (χ3v) is 7.15. The van der Waals surface area contributed by atoms with Crippen molar-refractivity contribution < 1.29 is 18.3 Å². The Balaban J connectivity index is 1.58. The molecule has 0 spiro atoms. The van der Waals surface area contributed by atoms with Crippen molar-refractivity contribution in [3.05, 3.63) is 70.2 Å². The Morgan fingerprint density at radius 3 is 2.57 bits per heavy atom. The second kappa shape index (κ2) is 9.51. The van der Waals surface area contributed by atoms with Crippen LogP contribution in [0.2, 0.25) is 0 Å². The number of aryl methyl sites for hydroxylation is 3. The van der Waals surface area contributed by atoms with Crippen molar-refractivity contribution in [2.45, 2.75) is 38.0 Å². The quantitative estimate of drug-likeness (QED) is 0.480. The molecular formula is C22H24N2O4S2. The standard InChI is InChI=1S/C22H24N2O4S2/c1-3-16-10-11-19(13-20(16)22(25)26)30(27,28)23-12-4-5-18-14-29-21(24-18)17-8-6-15(2)7-9-17/h6-11,13-14,23H,3-5,12H2,1-2H3,(H,25,26). The largest absolute Gasteiger partial charge is 0.478 e. The summed E-state index contributed by atoms with van der Waals surface area (Å²) in [7, 11) is -3.77. The number of carboxylic acids is 1. The Labute approximate surface area is 180 Å². The van der Waals surface area contributed by atoms with Crippen LogP contribution in [0.1, 0.15) is 40.5 Å². The lowest BCUT2D eigenvalue weighted by molar-refractivity contribution is 0.0695. The van der Waals surface area contributed by atoms with Crippen LogP contribution in [-0.2, 0) is 22.9 Å². The Bertz CT molecular complexity index is 1140. The van der Waals surface area contributed by atoms with Crippen molar-refractivity contribution in [1.82, 2.24) is 9.71 Å². The van der Waals surface area contributed by atoms with Gasteiger partial charge in [0.1, 0.15) is 5.01 Å². The molecule has 0 atom stereocenters. The predicted octanol–water partition coefficient (Wildman–Crippen LogP) is 4.29. The summed E-state index contributed by atoms with van der Waals surface area (Å²) < 4.78 is 27.6. The molecule has 0 aliphatic heterocycles. The van der Waals surface area contributed by atoms with Gasteiger partial charge in [0.25, 0.3) is 0 Å². The SMILES string of the molecule is CCc1ccc(S(=O)(=O)NCCCc2csc(-c3ccc(C)cc3)n2)cc1C(=O)O. The van der Waals surface area contributed by atoms with E-state index in [1.807, 2.05) is 43.5 Å². The average Bonchev–Trinajstić information content (AvgIpc) is 3.20. The molecule has 0 saturated carbocycles. The van der Waals surface area contributed by atoms with Crippen LogP contribution in [0.3, 0.4) is 0 Å². The van der Waals surface area contributed by atoms with Gasteiger partial charge in [0.2, 0.25) is 10.0 Å². The summed E-state index contributed by atoms with van der Waals surface area (Å²) in [5.41, 5.74) is 3.82. The molecule has 2 aromatic carbocycles. The van der Waals surface area contributed by atoms with E-state index in [-0.39, 0.29) is 17.0 Å². The zero-order valence-electron chi connectivity index (χ0n) is 16.9. The fourth-order valence-corrected chi connectivity index (χ4v) is 5.00. The van der Waals surface area contributed by atoms with Crippen molar-refractivity contribution in [3.63, 3.8) is 0 Å². The predicted molar refractivity (Wildman–Crippen MR) is 119 cm³/mol. The van der Waals surface area contributed by atoms with E-state index in [0.29, 0.717) is 24.8 Å². The second-order valence-corrected chi connectivity index (χ2v) is 9.61. The highest BCUT2D eigenvalue weighted by Gasteiger charge is 2.18. The molecule has 3 rings (SSSR count). The zero-order valence-corrected chi connectivity index (χ0v) is 18.5. The highest BCUT2D eigenvalue weighted by molar-refractivity contribution is 7.89. The molecule has 158 valence electrons. The zero-order chi connectivity index (χ0) is 21.7. The number of carbonyl (C=O) groups is 1. The lowest BCUT2D eigenvalue weighted by Gasteiger charge is -2.09. The van der Waals surface area contributed by atoms with Crippen LogP contribution in [0.5, 0.6) is 0 Å². The Morgan fingerprint density at radius 1 is 1.17 bits per heavy atom. The summed E-state index contributed by atoms with van der Waals surface area (Å²) in [4.78, 5) is 16.0. The lowest BCUT2D eigenvalue weighted by Crippen LogP contribution is -2.25. The van der Waals surface area contributed by atoms with Gasteiger partial charge in [-0.05, 0) is 43.9 Å². The molecule has 1 aromatic heterocycles. The maximum Gasteiger partial charge on any atom is 0.336 e. The molecule has 2 N–H and O–H groups in total. The molecule has 0 fully saturated rings. The number of hydrogen-bond donors (Lipinski definition) is 2. The molecule has 0 bridgehead atoms. The van der Waals surface area contributed by atoms with Gasteiger partial charge in [-0.15, -0.1) is 11.3 Å². The van der Waals surface area contributed by atoms with E-state index in [9.17, 15) is 18.3 Å². The third-order valence-electron chi connectivity index (χ3n) is 4.75. The van der Waals surface area contributed by atoms with Gasteiger partial charge in [0, 0.05) is 17.5 Å². The summed E-state index contributed by atoms with van der Waals surface area (Å²) in [6, 6.07) is 12.4. The third kappa shape index (κ3) is 5.33. The van der Waals surface area contributed by atoms with Gasteiger partial charge in [-0.25, -0.2) is 22.9 Å².